The van der Waals surface area contributed by atoms with E-state index in [0.29, 0.717) is 28.4 Å². The topological polar surface area (TPSA) is 75.6 Å². The van der Waals surface area contributed by atoms with Crippen LogP contribution in [-0.2, 0) is 6.54 Å². The van der Waals surface area contributed by atoms with Crippen molar-refractivity contribution >= 4 is 40.7 Å². The fourth-order valence-corrected chi connectivity index (χ4v) is 2.42. The van der Waals surface area contributed by atoms with Gasteiger partial charge >= 0.3 is 0 Å². The lowest BCUT2D eigenvalue weighted by Crippen LogP contribution is -2.06. The minimum absolute atomic E-state index is 0.417. The summed E-state index contributed by atoms with van der Waals surface area (Å²) in [5, 5.41) is 15.1. The molecule has 0 aliphatic heterocycles. The molecule has 1 aromatic carbocycles. The molecule has 8 heteroatoms. The number of nitrogens with one attached hydrogen (secondary N) is 2. The van der Waals surface area contributed by atoms with E-state index in [9.17, 15) is 0 Å². The van der Waals surface area contributed by atoms with Gasteiger partial charge in [0.05, 0.1) is 6.20 Å². The van der Waals surface area contributed by atoms with Crippen molar-refractivity contribution in [3.8, 4) is 0 Å². The van der Waals surface area contributed by atoms with Crippen LogP contribution in [0.1, 0.15) is 5.56 Å². The number of halogens is 2. The van der Waals surface area contributed by atoms with Crippen molar-refractivity contribution in [3.05, 3.63) is 64.5 Å². The maximum atomic E-state index is 5.97. The van der Waals surface area contributed by atoms with Crippen molar-refractivity contribution in [3.63, 3.8) is 0 Å². The number of pyridine rings is 1. The van der Waals surface area contributed by atoms with E-state index in [1.54, 1.807) is 30.6 Å². The van der Waals surface area contributed by atoms with Gasteiger partial charge in [0.2, 0.25) is 5.95 Å². The lowest BCUT2D eigenvalue weighted by molar-refractivity contribution is 0.948. The molecular formula is C15H12Cl2N6. The first kappa shape index (κ1) is 15.5. The number of anilines is 3. The molecule has 2 heterocycles. The smallest absolute Gasteiger partial charge is 0.244 e. The highest BCUT2D eigenvalue weighted by molar-refractivity contribution is 6.35. The zero-order chi connectivity index (χ0) is 16.1. The summed E-state index contributed by atoms with van der Waals surface area (Å²) in [7, 11) is 0. The van der Waals surface area contributed by atoms with Gasteiger partial charge in [0, 0.05) is 34.7 Å². The molecule has 0 saturated carbocycles. The highest BCUT2D eigenvalue weighted by Gasteiger charge is 2.03. The van der Waals surface area contributed by atoms with Gasteiger partial charge in [-0.25, -0.2) is 0 Å². The average molecular weight is 347 g/mol. The highest BCUT2D eigenvalue weighted by Crippen LogP contribution is 2.24. The number of hydrogen-bond donors (Lipinski definition) is 2. The molecule has 0 spiro atoms. The van der Waals surface area contributed by atoms with Crippen molar-refractivity contribution in [2.75, 3.05) is 10.6 Å². The Bertz CT molecular complexity index is 777. The van der Waals surface area contributed by atoms with Crippen LogP contribution in [0.5, 0.6) is 0 Å². The summed E-state index contributed by atoms with van der Waals surface area (Å²) in [6.45, 7) is 0.580. The van der Waals surface area contributed by atoms with Crippen molar-refractivity contribution in [1.29, 1.82) is 0 Å². The zero-order valence-corrected chi connectivity index (χ0v) is 13.4. The first-order valence-corrected chi connectivity index (χ1v) is 7.50. The maximum absolute atomic E-state index is 5.97. The second-order valence-electron chi connectivity index (χ2n) is 4.66. The first-order chi connectivity index (χ1) is 11.2. The van der Waals surface area contributed by atoms with E-state index >= 15 is 0 Å². The Balaban J connectivity index is 1.69. The molecule has 0 amide bonds. The lowest BCUT2D eigenvalue weighted by atomic mass is 10.3. The van der Waals surface area contributed by atoms with Crippen LogP contribution < -0.4 is 10.6 Å². The Morgan fingerprint density at radius 1 is 1.00 bits per heavy atom. The van der Waals surface area contributed by atoms with Crippen LogP contribution >= 0.6 is 23.2 Å². The van der Waals surface area contributed by atoms with Gasteiger partial charge < -0.3 is 10.6 Å². The standard InChI is InChI=1S/C15H12Cl2N6/c16-11-5-12(17)7-13(6-11)21-14-9-20-23-15(22-14)19-8-10-1-3-18-4-2-10/h1-7,9H,8H2,(H2,19,21,22,23). The van der Waals surface area contributed by atoms with E-state index in [0.717, 1.165) is 11.3 Å². The summed E-state index contributed by atoms with van der Waals surface area (Å²) >= 11 is 11.9. The molecule has 3 aromatic rings. The fraction of sp³-hybridized carbons (Fsp3) is 0.0667. The minimum atomic E-state index is 0.417. The highest BCUT2D eigenvalue weighted by atomic mass is 35.5. The number of nitrogens with zero attached hydrogens (tertiary/aromatic N) is 4. The van der Waals surface area contributed by atoms with Crippen LogP contribution in [0.3, 0.4) is 0 Å². The third kappa shape index (κ3) is 4.51. The number of hydrogen-bond acceptors (Lipinski definition) is 6. The van der Waals surface area contributed by atoms with Crippen molar-refractivity contribution in [1.82, 2.24) is 20.2 Å². The largest absolute Gasteiger partial charge is 0.349 e. The van der Waals surface area contributed by atoms with Gasteiger partial charge in [-0.15, -0.1) is 5.10 Å². The van der Waals surface area contributed by atoms with E-state index in [1.807, 2.05) is 12.1 Å². The van der Waals surface area contributed by atoms with Crippen molar-refractivity contribution < 1.29 is 0 Å². The molecule has 0 fully saturated rings. The van der Waals surface area contributed by atoms with Gasteiger partial charge in [-0.2, -0.15) is 10.1 Å². The Morgan fingerprint density at radius 3 is 2.48 bits per heavy atom. The zero-order valence-electron chi connectivity index (χ0n) is 11.9. The van der Waals surface area contributed by atoms with Crippen LogP contribution in [-0.4, -0.2) is 20.2 Å². The van der Waals surface area contributed by atoms with E-state index in [-0.39, 0.29) is 0 Å². The molecule has 116 valence electrons. The summed E-state index contributed by atoms with van der Waals surface area (Å²) in [5.74, 6) is 0.954. The normalized spacial score (nSPS) is 10.3. The van der Waals surface area contributed by atoms with Gasteiger partial charge in [-0.3, -0.25) is 4.98 Å². The number of rotatable bonds is 5. The molecule has 2 aromatic heterocycles. The SMILES string of the molecule is Clc1cc(Cl)cc(Nc2cnnc(NCc3ccncc3)n2)c1. The lowest BCUT2D eigenvalue weighted by Gasteiger charge is -2.08. The molecule has 0 aliphatic rings. The van der Waals surface area contributed by atoms with Crippen molar-refractivity contribution in [2.24, 2.45) is 0 Å². The van der Waals surface area contributed by atoms with Crippen molar-refractivity contribution in [2.45, 2.75) is 6.54 Å². The predicted molar refractivity (Wildman–Crippen MR) is 91.1 cm³/mol. The Labute approximate surface area is 142 Å². The van der Waals surface area contributed by atoms with Gasteiger partial charge in [0.15, 0.2) is 5.82 Å². The van der Waals surface area contributed by atoms with E-state index in [4.69, 9.17) is 23.2 Å². The van der Waals surface area contributed by atoms with Gasteiger partial charge in [-0.1, -0.05) is 23.2 Å². The molecule has 6 nitrogen and oxygen atoms in total. The summed E-state index contributed by atoms with van der Waals surface area (Å²) < 4.78 is 0. The van der Waals surface area contributed by atoms with Gasteiger partial charge in [0.25, 0.3) is 0 Å². The Kier molecular flexibility index (Phi) is 4.85. The molecular weight excluding hydrogens is 335 g/mol. The fourth-order valence-electron chi connectivity index (χ4n) is 1.89. The number of benzene rings is 1. The van der Waals surface area contributed by atoms with Crippen LogP contribution in [0.25, 0.3) is 0 Å². The molecule has 0 saturated heterocycles. The average Bonchev–Trinajstić information content (AvgIpc) is 2.53. The molecule has 0 unspecified atom stereocenters. The molecule has 3 rings (SSSR count). The minimum Gasteiger partial charge on any atom is -0.349 e. The second kappa shape index (κ2) is 7.21. The summed E-state index contributed by atoms with van der Waals surface area (Å²) in [5.41, 5.74) is 1.80. The maximum Gasteiger partial charge on any atom is 0.244 e. The van der Waals surface area contributed by atoms with Crippen LogP contribution in [0.4, 0.5) is 17.5 Å². The van der Waals surface area contributed by atoms with Gasteiger partial charge in [0.1, 0.15) is 0 Å². The second-order valence-corrected chi connectivity index (χ2v) is 5.53. The third-order valence-electron chi connectivity index (χ3n) is 2.89. The molecule has 2 N–H and O–H groups in total. The van der Waals surface area contributed by atoms with Crippen LogP contribution in [0.2, 0.25) is 10.0 Å². The van der Waals surface area contributed by atoms with Gasteiger partial charge in [-0.05, 0) is 35.9 Å². The Morgan fingerprint density at radius 2 is 1.74 bits per heavy atom. The first-order valence-electron chi connectivity index (χ1n) is 6.75. The summed E-state index contributed by atoms with van der Waals surface area (Å²) in [4.78, 5) is 8.32. The molecule has 0 bridgehead atoms. The van der Waals surface area contributed by atoms with Crippen LogP contribution in [0, 0.1) is 0 Å². The molecule has 0 atom stereocenters. The summed E-state index contributed by atoms with van der Waals surface area (Å²) in [6, 6.07) is 8.99. The Hall–Kier alpha value is -2.44. The molecule has 0 radical (unpaired) electrons. The third-order valence-corrected chi connectivity index (χ3v) is 3.33. The quantitative estimate of drug-likeness (QED) is 0.728. The van der Waals surface area contributed by atoms with Crippen LogP contribution in [0.15, 0.2) is 48.9 Å². The van der Waals surface area contributed by atoms with E-state index < -0.39 is 0 Å². The van der Waals surface area contributed by atoms with E-state index in [1.165, 1.54) is 6.20 Å². The van der Waals surface area contributed by atoms with E-state index in [2.05, 4.69) is 30.8 Å². The molecule has 0 aliphatic carbocycles. The number of aromatic nitrogens is 4. The monoisotopic (exact) mass is 346 g/mol. The predicted octanol–water partition coefficient (Wildman–Crippen LogP) is 3.93. The summed E-state index contributed by atoms with van der Waals surface area (Å²) in [6.07, 6.45) is 4.99. The molecule has 23 heavy (non-hydrogen) atoms.